The third kappa shape index (κ3) is 5.36. The molecule has 0 N–H and O–H groups in total. The second-order valence-corrected chi connectivity index (χ2v) is 11.9. The second kappa shape index (κ2) is 13.2. The normalized spacial score (nSPS) is 11.1. The number of pyridine rings is 2. The SMILES string of the molecule is Cc1nc2ccccc2c2c1nc(-c1[c-]ccc3c1oc1c4ccccc4ccc31)n2-c1ccccc1.[Ir].[c-]1ccccc1-c1ccccn1. The summed E-state index contributed by atoms with van der Waals surface area (Å²) >= 11 is 0. The largest absolute Gasteiger partial charge is 0.500 e. The van der Waals surface area contributed by atoms with Crippen LogP contribution in [0.3, 0.4) is 0 Å². The van der Waals surface area contributed by atoms with Crippen molar-refractivity contribution in [3.8, 4) is 28.3 Å². The van der Waals surface area contributed by atoms with Gasteiger partial charge in [-0.05, 0) is 42.3 Å². The summed E-state index contributed by atoms with van der Waals surface area (Å²) in [5.74, 6) is 0.788. The van der Waals surface area contributed by atoms with Crippen molar-refractivity contribution in [2.75, 3.05) is 0 Å². The maximum Gasteiger partial charge on any atom is 0.128 e. The number of para-hydroxylation sites is 2. The minimum absolute atomic E-state index is 0. The Hall–Kier alpha value is -5.94. The molecule has 0 saturated heterocycles. The third-order valence-corrected chi connectivity index (χ3v) is 8.88. The van der Waals surface area contributed by atoms with E-state index >= 15 is 0 Å². The zero-order valence-electron chi connectivity index (χ0n) is 27.0. The molecule has 0 unspecified atom stereocenters. The van der Waals surface area contributed by atoms with Crippen molar-refractivity contribution in [3.63, 3.8) is 0 Å². The Labute approximate surface area is 302 Å². The summed E-state index contributed by atoms with van der Waals surface area (Å²) in [7, 11) is 0. The molecule has 0 bridgehead atoms. The first-order chi connectivity index (χ1) is 24.2. The fourth-order valence-corrected chi connectivity index (χ4v) is 6.63. The molecule has 6 aromatic carbocycles. The summed E-state index contributed by atoms with van der Waals surface area (Å²) in [6.07, 6.45) is 1.79. The van der Waals surface area contributed by atoms with E-state index in [9.17, 15) is 0 Å². The van der Waals surface area contributed by atoms with Gasteiger partial charge in [0.05, 0.1) is 33.7 Å². The molecule has 6 heteroatoms. The molecule has 0 fully saturated rings. The smallest absolute Gasteiger partial charge is 0.128 e. The van der Waals surface area contributed by atoms with Crippen LogP contribution in [0.1, 0.15) is 5.69 Å². The molecule has 0 spiro atoms. The van der Waals surface area contributed by atoms with E-state index in [1.807, 2.05) is 67.6 Å². The summed E-state index contributed by atoms with van der Waals surface area (Å²) in [5, 5.41) is 5.47. The minimum atomic E-state index is 0. The van der Waals surface area contributed by atoms with E-state index < -0.39 is 0 Å². The van der Waals surface area contributed by atoms with Gasteiger partial charge in [-0.25, -0.2) is 0 Å². The Kier molecular flexibility index (Phi) is 8.25. The van der Waals surface area contributed by atoms with Crippen LogP contribution in [-0.4, -0.2) is 19.5 Å². The fraction of sp³-hybridized carbons (Fsp3) is 0.0227. The van der Waals surface area contributed by atoms with E-state index in [4.69, 9.17) is 14.4 Å². The summed E-state index contributed by atoms with van der Waals surface area (Å²) in [6.45, 7) is 2.03. The van der Waals surface area contributed by atoms with Gasteiger partial charge < -0.3 is 14.0 Å². The maximum absolute atomic E-state index is 6.66. The van der Waals surface area contributed by atoms with Gasteiger partial charge in [0.2, 0.25) is 0 Å². The van der Waals surface area contributed by atoms with Crippen LogP contribution in [0.5, 0.6) is 0 Å². The number of hydrogen-bond acceptors (Lipinski definition) is 4. The molecule has 0 aliphatic rings. The van der Waals surface area contributed by atoms with Crippen molar-refractivity contribution in [2.24, 2.45) is 0 Å². The van der Waals surface area contributed by atoms with Gasteiger partial charge in [0.1, 0.15) is 5.58 Å². The molecule has 10 rings (SSSR count). The Morgan fingerprint density at radius 1 is 0.600 bits per heavy atom. The molecule has 241 valence electrons. The van der Waals surface area contributed by atoms with Gasteiger partial charge in [-0.3, -0.25) is 9.97 Å². The van der Waals surface area contributed by atoms with Crippen molar-refractivity contribution in [1.82, 2.24) is 19.5 Å². The monoisotopic (exact) mass is 821 g/mol. The van der Waals surface area contributed by atoms with E-state index in [1.54, 1.807) is 6.20 Å². The number of aromatic nitrogens is 4. The van der Waals surface area contributed by atoms with Crippen LogP contribution in [0, 0.1) is 19.1 Å². The Morgan fingerprint density at radius 2 is 1.36 bits per heavy atom. The summed E-state index contributed by atoms with van der Waals surface area (Å²) in [6, 6.07) is 55.6. The molecule has 1 radical (unpaired) electrons. The molecule has 10 aromatic rings. The molecule has 0 aliphatic heterocycles. The molecule has 0 saturated carbocycles. The number of hydrogen-bond donors (Lipinski definition) is 0. The second-order valence-electron chi connectivity index (χ2n) is 11.9. The van der Waals surface area contributed by atoms with Gasteiger partial charge in [-0.2, -0.15) is 0 Å². The van der Waals surface area contributed by atoms with Crippen molar-refractivity contribution in [1.29, 1.82) is 0 Å². The average Bonchev–Trinajstić information content (AvgIpc) is 3.77. The van der Waals surface area contributed by atoms with Crippen LogP contribution in [-0.2, 0) is 20.1 Å². The van der Waals surface area contributed by atoms with Crippen LogP contribution in [0.25, 0.3) is 83.0 Å². The molecular weight excluding hydrogens is 793 g/mol. The average molecular weight is 821 g/mol. The first kappa shape index (κ1) is 31.3. The van der Waals surface area contributed by atoms with Crippen LogP contribution in [0.4, 0.5) is 0 Å². The third-order valence-electron chi connectivity index (χ3n) is 8.88. The van der Waals surface area contributed by atoms with Gasteiger partial charge in [0.15, 0.2) is 0 Å². The van der Waals surface area contributed by atoms with Gasteiger partial charge >= 0.3 is 0 Å². The molecule has 4 aromatic heterocycles. The molecule has 0 amide bonds. The number of rotatable bonds is 3. The van der Waals surface area contributed by atoms with Crippen molar-refractivity contribution in [2.45, 2.75) is 6.92 Å². The van der Waals surface area contributed by atoms with E-state index in [-0.39, 0.29) is 20.1 Å². The van der Waals surface area contributed by atoms with Gasteiger partial charge in [0.25, 0.3) is 0 Å². The van der Waals surface area contributed by atoms with Crippen LogP contribution in [0.15, 0.2) is 156 Å². The first-order valence-electron chi connectivity index (χ1n) is 16.2. The molecule has 5 nitrogen and oxygen atoms in total. The number of nitrogens with zero attached hydrogens (tertiary/aromatic N) is 4. The Balaban J connectivity index is 0.000000236. The predicted molar refractivity (Wildman–Crippen MR) is 199 cm³/mol. The van der Waals surface area contributed by atoms with Crippen molar-refractivity contribution in [3.05, 3.63) is 170 Å². The van der Waals surface area contributed by atoms with Gasteiger partial charge in [-0.15, -0.1) is 54.1 Å². The summed E-state index contributed by atoms with van der Waals surface area (Å²) in [5.41, 5.74) is 9.32. The standard InChI is InChI=1S/C33H20N3O.C11H8N.Ir/c1-20-29-30(26-14-7-8-17-28(26)34-20)36(22-11-3-2-4-12-22)33(35-29)27-16-9-15-24-25-19-18-21-10-5-6-13-23(21)31(25)37-32(24)27;1-2-6-10(7-3-1)11-8-4-5-9-12-11;/h2-15,17-19H,1H3;1-6,8-9H;/q2*-1;. The Morgan fingerprint density at radius 3 is 2.18 bits per heavy atom. The minimum Gasteiger partial charge on any atom is -0.500 e. The molecule has 4 heterocycles. The number of aryl methyl sites for hydroxylation is 1. The zero-order chi connectivity index (χ0) is 32.7. The van der Waals surface area contributed by atoms with E-state index in [0.29, 0.717) is 0 Å². The van der Waals surface area contributed by atoms with Crippen molar-refractivity contribution >= 4 is 54.6 Å². The van der Waals surface area contributed by atoms with E-state index in [0.717, 1.165) is 88.7 Å². The molecule has 50 heavy (non-hydrogen) atoms. The number of fused-ring (bicyclic) bond motifs is 8. The summed E-state index contributed by atoms with van der Waals surface area (Å²) < 4.78 is 8.88. The van der Waals surface area contributed by atoms with Crippen LogP contribution < -0.4 is 0 Å². The van der Waals surface area contributed by atoms with Crippen molar-refractivity contribution < 1.29 is 24.5 Å². The predicted octanol–water partition coefficient (Wildman–Crippen LogP) is 10.9. The molecule has 0 atom stereocenters. The van der Waals surface area contributed by atoms with E-state index in [1.165, 1.54) is 0 Å². The molecule has 0 aliphatic carbocycles. The summed E-state index contributed by atoms with van der Waals surface area (Å²) in [4.78, 5) is 14.3. The van der Waals surface area contributed by atoms with Crippen LogP contribution in [0.2, 0.25) is 0 Å². The fourth-order valence-electron chi connectivity index (χ4n) is 6.63. The van der Waals surface area contributed by atoms with E-state index in [2.05, 4.69) is 107 Å². The molecular formula is C44H28IrN4O-2. The number of benzene rings is 6. The zero-order valence-corrected chi connectivity index (χ0v) is 29.4. The maximum atomic E-state index is 6.66. The topological polar surface area (TPSA) is 56.7 Å². The first-order valence-corrected chi connectivity index (χ1v) is 16.2. The van der Waals surface area contributed by atoms with Gasteiger partial charge in [0, 0.05) is 48.1 Å². The van der Waals surface area contributed by atoms with Gasteiger partial charge in [-0.1, -0.05) is 95.9 Å². The number of imidazole rings is 1. The van der Waals surface area contributed by atoms with Crippen LogP contribution >= 0.6 is 0 Å². The Bertz CT molecular complexity index is 2740. The quantitative estimate of drug-likeness (QED) is 0.167. The number of furan rings is 1.